The Hall–Kier alpha value is -2.47. The third-order valence-corrected chi connectivity index (χ3v) is 6.57. The molecular formula is C24H26ClN3O2. The number of rotatable bonds is 3. The van der Waals surface area contributed by atoms with E-state index >= 15 is 0 Å². The van der Waals surface area contributed by atoms with E-state index in [-0.39, 0.29) is 35.9 Å². The number of piperidine rings is 1. The van der Waals surface area contributed by atoms with Gasteiger partial charge in [0, 0.05) is 24.1 Å². The molecule has 0 saturated carbocycles. The first kappa shape index (κ1) is 20.8. The van der Waals surface area contributed by atoms with Gasteiger partial charge in [0.15, 0.2) is 0 Å². The smallest absolute Gasteiger partial charge is 0.253 e. The maximum atomic E-state index is 13.2. The van der Waals surface area contributed by atoms with Gasteiger partial charge in [-0.25, -0.2) is 0 Å². The molecule has 0 radical (unpaired) electrons. The van der Waals surface area contributed by atoms with Crippen LogP contribution in [0.1, 0.15) is 40.4 Å². The molecule has 1 aliphatic heterocycles. The van der Waals surface area contributed by atoms with Gasteiger partial charge in [0.05, 0.1) is 23.2 Å². The van der Waals surface area contributed by atoms with Crippen LogP contribution in [0.3, 0.4) is 0 Å². The van der Waals surface area contributed by atoms with Crippen LogP contribution < -0.4 is 10.6 Å². The zero-order valence-corrected chi connectivity index (χ0v) is 17.7. The number of carbonyl (C=O) groups is 1. The van der Waals surface area contributed by atoms with Crippen molar-refractivity contribution in [3.05, 3.63) is 77.5 Å². The van der Waals surface area contributed by atoms with Crippen molar-refractivity contribution in [1.29, 1.82) is 0 Å². The number of nitrogens with zero attached hydrogens (tertiary/aromatic N) is 1. The van der Waals surface area contributed by atoms with Gasteiger partial charge in [-0.1, -0.05) is 42.5 Å². The molecular weight excluding hydrogens is 398 g/mol. The third kappa shape index (κ3) is 3.27. The molecule has 1 aromatic heterocycles. The number of fused-ring (bicyclic) bond motifs is 3. The summed E-state index contributed by atoms with van der Waals surface area (Å²) in [4.78, 5) is 17.6. The second-order valence-electron chi connectivity index (χ2n) is 8.02. The number of benzene rings is 2. The zero-order valence-electron chi connectivity index (χ0n) is 16.9. The van der Waals surface area contributed by atoms with Gasteiger partial charge in [-0.15, -0.1) is 12.4 Å². The summed E-state index contributed by atoms with van der Waals surface area (Å²) >= 11 is 0. The molecule has 2 N–H and O–H groups in total. The van der Waals surface area contributed by atoms with Crippen LogP contribution in [-0.4, -0.2) is 37.2 Å². The first-order valence-corrected chi connectivity index (χ1v) is 10.2. The van der Waals surface area contributed by atoms with Gasteiger partial charge in [-0.3, -0.25) is 9.78 Å². The Morgan fingerprint density at radius 3 is 2.67 bits per heavy atom. The Morgan fingerprint density at radius 1 is 1.13 bits per heavy atom. The summed E-state index contributed by atoms with van der Waals surface area (Å²) in [6, 6.07) is 18.0. The predicted molar refractivity (Wildman–Crippen MR) is 120 cm³/mol. The number of carbonyl (C=O) groups excluding carboxylic acids is 1. The first-order chi connectivity index (χ1) is 14.2. The molecule has 6 heteroatoms. The topological polar surface area (TPSA) is 63.2 Å². The Balaban J connectivity index is 0.00000218. The zero-order chi connectivity index (χ0) is 19.8. The van der Waals surface area contributed by atoms with E-state index in [0.29, 0.717) is 5.56 Å². The minimum Gasteiger partial charge on any atom is -0.378 e. The molecule has 1 aliphatic carbocycles. The van der Waals surface area contributed by atoms with Crippen LogP contribution in [0, 0.1) is 0 Å². The highest BCUT2D eigenvalue weighted by Crippen LogP contribution is 2.51. The lowest BCUT2D eigenvalue weighted by Gasteiger charge is -2.40. The SMILES string of the molecule is CO[C@H]1[C@H](NC(=O)c2cnc3ccccc3c2)c2ccccc2C12CCNCC2.Cl. The first-order valence-electron chi connectivity index (χ1n) is 10.2. The second-order valence-corrected chi connectivity index (χ2v) is 8.02. The van der Waals surface area contributed by atoms with Crippen molar-refractivity contribution in [3.63, 3.8) is 0 Å². The van der Waals surface area contributed by atoms with E-state index in [1.165, 1.54) is 11.1 Å². The second kappa shape index (κ2) is 8.34. The number of nitrogens with one attached hydrogen (secondary N) is 2. The van der Waals surface area contributed by atoms with Crippen molar-refractivity contribution >= 4 is 29.2 Å². The lowest BCUT2D eigenvalue weighted by Crippen LogP contribution is -2.49. The molecule has 5 nitrogen and oxygen atoms in total. The van der Waals surface area contributed by atoms with E-state index in [2.05, 4.69) is 33.8 Å². The Morgan fingerprint density at radius 2 is 1.87 bits per heavy atom. The average molecular weight is 424 g/mol. The fourth-order valence-corrected chi connectivity index (χ4v) is 5.22. The number of amides is 1. The molecule has 0 unspecified atom stereocenters. The number of hydrogen-bond acceptors (Lipinski definition) is 4. The molecule has 156 valence electrons. The van der Waals surface area contributed by atoms with Gasteiger partial charge in [0.2, 0.25) is 0 Å². The van der Waals surface area contributed by atoms with Crippen LogP contribution in [0.15, 0.2) is 60.8 Å². The minimum absolute atomic E-state index is 0. The Kier molecular flexibility index (Phi) is 5.78. The van der Waals surface area contributed by atoms with E-state index in [0.717, 1.165) is 36.8 Å². The predicted octanol–water partition coefficient (Wildman–Crippen LogP) is 3.78. The molecule has 5 rings (SSSR count). The van der Waals surface area contributed by atoms with Gasteiger partial charge >= 0.3 is 0 Å². The molecule has 1 spiro atoms. The third-order valence-electron chi connectivity index (χ3n) is 6.57. The van der Waals surface area contributed by atoms with Crippen molar-refractivity contribution < 1.29 is 9.53 Å². The molecule has 2 aromatic carbocycles. The maximum absolute atomic E-state index is 13.2. The number of aromatic nitrogens is 1. The Labute approximate surface area is 182 Å². The van der Waals surface area contributed by atoms with Crippen molar-refractivity contribution in [2.75, 3.05) is 20.2 Å². The van der Waals surface area contributed by atoms with Gasteiger partial charge in [-0.2, -0.15) is 0 Å². The summed E-state index contributed by atoms with van der Waals surface area (Å²) in [5, 5.41) is 7.69. The highest BCUT2D eigenvalue weighted by Gasteiger charge is 2.53. The monoisotopic (exact) mass is 423 g/mol. The number of para-hydroxylation sites is 1. The molecule has 1 fully saturated rings. The van der Waals surface area contributed by atoms with Crippen LogP contribution in [0.4, 0.5) is 0 Å². The van der Waals surface area contributed by atoms with Gasteiger partial charge in [0.25, 0.3) is 5.91 Å². The standard InChI is InChI=1S/C24H25N3O2.ClH/c1-29-22-21(18-7-3-4-8-19(18)24(22)10-12-25-13-11-24)27-23(28)17-14-16-6-2-5-9-20(16)26-15-17;/h2-9,14-15,21-22,25H,10-13H2,1H3,(H,27,28);1H/t21-,22+;/m1./s1. The average Bonchev–Trinajstić information content (AvgIpc) is 3.02. The number of pyridine rings is 1. The van der Waals surface area contributed by atoms with Crippen LogP contribution in [0.5, 0.6) is 0 Å². The van der Waals surface area contributed by atoms with Crippen LogP contribution in [-0.2, 0) is 10.2 Å². The van der Waals surface area contributed by atoms with Gasteiger partial charge < -0.3 is 15.4 Å². The quantitative estimate of drug-likeness (QED) is 0.673. The van der Waals surface area contributed by atoms with Crippen LogP contribution in [0.25, 0.3) is 10.9 Å². The summed E-state index contributed by atoms with van der Waals surface area (Å²) in [6.07, 6.45) is 3.58. The van der Waals surface area contributed by atoms with E-state index in [1.54, 1.807) is 13.3 Å². The number of ether oxygens (including phenoxy) is 1. The van der Waals surface area contributed by atoms with Crippen LogP contribution >= 0.6 is 12.4 Å². The lowest BCUT2D eigenvalue weighted by atomic mass is 9.72. The Bertz CT molecular complexity index is 1070. The highest BCUT2D eigenvalue weighted by molar-refractivity contribution is 5.97. The van der Waals surface area contributed by atoms with E-state index in [4.69, 9.17) is 4.74 Å². The molecule has 2 atom stereocenters. The summed E-state index contributed by atoms with van der Waals surface area (Å²) < 4.78 is 6.05. The molecule has 1 saturated heterocycles. The van der Waals surface area contributed by atoms with Crippen molar-refractivity contribution in [3.8, 4) is 0 Å². The summed E-state index contributed by atoms with van der Waals surface area (Å²) in [5.41, 5.74) is 3.88. The van der Waals surface area contributed by atoms with Crippen molar-refractivity contribution in [1.82, 2.24) is 15.6 Å². The largest absolute Gasteiger partial charge is 0.378 e. The molecule has 2 aliphatic rings. The van der Waals surface area contributed by atoms with Gasteiger partial charge in [-0.05, 0) is 49.2 Å². The fourth-order valence-electron chi connectivity index (χ4n) is 5.22. The van der Waals surface area contributed by atoms with Gasteiger partial charge in [0.1, 0.15) is 0 Å². The normalized spacial score (nSPS) is 21.8. The molecule has 30 heavy (non-hydrogen) atoms. The minimum atomic E-state index is -0.173. The lowest BCUT2D eigenvalue weighted by molar-refractivity contribution is 0.00397. The molecule has 2 heterocycles. The van der Waals surface area contributed by atoms with E-state index in [9.17, 15) is 4.79 Å². The van der Waals surface area contributed by atoms with Crippen molar-refractivity contribution in [2.24, 2.45) is 0 Å². The summed E-state index contributed by atoms with van der Waals surface area (Å²) in [7, 11) is 1.76. The number of methoxy groups -OCH3 is 1. The summed E-state index contributed by atoms with van der Waals surface area (Å²) in [5.74, 6) is -0.115. The molecule has 1 amide bonds. The highest BCUT2D eigenvalue weighted by atomic mass is 35.5. The number of hydrogen-bond donors (Lipinski definition) is 2. The van der Waals surface area contributed by atoms with Crippen molar-refractivity contribution in [2.45, 2.75) is 30.4 Å². The molecule has 3 aromatic rings. The summed E-state index contributed by atoms with van der Waals surface area (Å²) in [6.45, 7) is 1.92. The number of halogens is 1. The fraction of sp³-hybridized carbons (Fsp3) is 0.333. The van der Waals surface area contributed by atoms with E-state index in [1.807, 2.05) is 36.4 Å². The van der Waals surface area contributed by atoms with Crippen LogP contribution in [0.2, 0.25) is 0 Å². The van der Waals surface area contributed by atoms with E-state index < -0.39 is 0 Å². The maximum Gasteiger partial charge on any atom is 0.253 e. The molecule has 0 bridgehead atoms.